The maximum atomic E-state index is 11.6. The maximum Gasteiger partial charge on any atom is 0.306 e. The Labute approximate surface area is 114 Å². The molecule has 3 nitrogen and oxygen atoms in total. The highest BCUT2D eigenvalue weighted by molar-refractivity contribution is 5.70. The molecule has 0 fully saturated rings. The number of ether oxygens (including phenoxy) is 1. The maximum absolute atomic E-state index is 11.6. The van der Waals surface area contributed by atoms with Crippen LogP contribution in [0, 0.1) is 0 Å². The van der Waals surface area contributed by atoms with Crippen LogP contribution in [0.25, 0.3) is 0 Å². The van der Waals surface area contributed by atoms with Crippen molar-refractivity contribution in [3.63, 3.8) is 0 Å². The number of aliphatic hydroxyl groups excluding tert-OH is 1. The average molecular weight is 260 g/mol. The van der Waals surface area contributed by atoms with Gasteiger partial charge in [0, 0.05) is 6.42 Å². The van der Waals surface area contributed by atoms with E-state index in [0.717, 1.165) is 24.0 Å². The van der Waals surface area contributed by atoms with Gasteiger partial charge in [0.25, 0.3) is 0 Å². The lowest BCUT2D eigenvalue weighted by Crippen LogP contribution is -2.08. The van der Waals surface area contributed by atoms with Gasteiger partial charge >= 0.3 is 5.97 Å². The Morgan fingerprint density at radius 1 is 1.47 bits per heavy atom. The van der Waals surface area contributed by atoms with Gasteiger partial charge in [0.2, 0.25) is 0 Å². The minimum Gasteiger partial charge on any atom is -0.509 e. The molecule has 0 aliphatic heterocycles. The lowest BCUT2D eigenvalue weighted by molar-refractivity contribution is -0.142. The summed E-state index contributed by atoms with van der Waals surface area (Å²) in [5, 5.41) is 9.04. The van der Waals surface area contributed by atoms with Gasteiger partial charge in [0.1, 0.15) is 12.4 Å². The van der Waals surface area contributed by atoms with E-state index in [0.29, 0.717) is 13.0 Å². The third-order valence-electron chi connectivity index (χ3n) is 2.75. The van der Waals surface area contributed by atoms with Gasteiger partial charge in [-0.25, -0.2) is 0 Å². The summed E-state index contributed by atoms with van der Waals surface area (Å²) in [6, 6.07) is 0. The van der Waals surface area contributed by atoms with E-state index >= 15 is 0 Å². The second-order valence-corrected chi connectivity index (χ2v) is 4.37. The first-order valence-corrected chi connectivity index (χ1v) is 6.33. The number of esters is 1. The van der Waals surface area contributed by atoms with E-state index in [-0.39, 0.29) is 18.1 Å². The third-order valence-corrected chi connectivity index (χ3v) is 2.75. The van der Waals surface area contributed by atoms with Gasteiger partial charge in [-0.05, 0) is 36.5 Å². The van der Waals surface area contributed by atoms with Crippen LogP contribution in [0.1, 0.15) is 25.7 Å². The van der Waals surface area contributed by atoms with Crippen LogP contribution in [0.5, 0.6) is 0 Å². The van der Waals surface area contributed by atoms with Gasteiger partial charge in [0.15, 0.2) is 0 Å². The van der Waals surface area contributed by atoms with E-state index in [1.54, 1.807) is 6.08 Å². The van der Waals surface area contributed by atoms with E-state index in [2.05, 4.69) is 19.2 Å². The standard InChI is InChI=1S/C16H20O3/c1-3-14(11-13(2)17)9-10-16(18)19-12-15-7-5-4-6-8-15/h3-5,7,11,17H,1-2,6,8-10,12H2/b14-11+. The third kappa shape index (κ3) is 6.46. The Balaban J connectivity index is 2.31. The summed E-state index contributed by atoms with van der Waals surface area (Å²) in [6.07, 6.45) is 11.9. The molecule has 1 N–H and O–H groups in total. The summed E-state index contributed by atoms with van der Waals surface area (Å²) >= 11 is 0. The molecule has 102 valence electrons. The molecule has 1 rings (SSSR count). The van der Waals surface area contributed by atoms with Crippen LogP contribution >= 0.6 is 0 Å². The number of allylic oxidation sites excluding steroid dienone is 6. The Kier molecular flexibility index (Phi) is 6.44. The van der Waals surface area contributed by atoms with Crippen LogP contribution in [-0.4, -0.2) is 17.7 Å². The zero-order valence-corrected chi connectivity index (χ0v) is 11.1. The molecule has 0 bridgehead atoms. The molecular weight excluding hydrogens is 240 g/mol. The summed E-state index contributed by atoms with van der Waals surface area (Å²) in [6.45, 7) is 7.36. The van der Waals surface area contributed by atoms with Gasteiger partial charge in [-0.15, -0.1) is 0 Å². The molecule has 0 radical (unpaired) electrons. The molecule has 0 amide bonds. The molecule has 0 aromatic rings. The van der Waals surface area contributed by atoms with E-state index in [1.165, 1.54) is 6.08 Å². The fraction of sp³-hybridized carbons (Fsp3) is 0.312. The Morgan fingerprint density at radius 2 is 2.26 bits per heavy atom. The fourth-order valence-electron chi connectivity index (χ4n) is 1.71. The van der Waals surface area contributed by atoms with Crippen molar-refractivity contribution < 1.29 is 14.6 Å². The predicted octanol–water partition coefficient (Wildman–Crippen LogP) is 3.77. The Bertz CT molecular complexity index is 439. The van der Waals surface area contributed by atoms with Gasteiger partial charge in [0.05, 0.1) is 0 Å². The van der Waals surface area contributed by atoms with Crippen molar-refractivity contribution in [3.8, 4) is 0 Å². The van der Waals surface area contributed by atoms with Crippen LogP contribution < -0.4 is 0 Å². The van der Waals surface area contributed by atoms with Crippen molar-refractivity contribution in [2.24, 2.45) is 0 Å². The van der Waals surface area contributed by atoms with Crippen LogP contribution in [0.2, 0.25) is 0 Å². The highest BCUT2D eigenvalue weighted by atomic mass is 16.5. The fourth-order valence-corrected chi connectivity index (χ4v) is 1.71. The minimum atomic E-state index is -0.244. The van der Waals surface area contributed by atoms with E-state index < -0.39 is 0 Å². The highest BCUT2D eigenvalue weighted by Gasteiger charge is 2.07. The molecular formula is C16H20O3. The van der Waals surface area contributed by atoms with Gasteiger partial charge in [-0.1, -0.05) is 37.5 Å². The number of carbonyl (C=O) groups is 1. The van der Waals surface area contributed by atoms with Crippen molar-refractivity contribution >= 4 is 5.97 Å². The topological polar surface area (TPSA) is 46.5 Å². The van der Waals surface area contributed by atoms with Crippen molar-refractivity contribution in [2.75, 3.05) is 6.61 Å². The molecule has 1 aliphatic carbocycles. The quantitative estimate of drug-likeness (QED) is 0.430. The monoisotopic (exact) mass is 260 g/mol. The van der Waals surface area contributed by atoms with Crippen molar-refractivity contribution in [1.82, 2.24) is 0 Å². The van der Waals surface area contributed by atoms with E-state index in [9.17, 15) is 4.79 Å². The molecule has 0 saturated carbocycles. The van der Waals surface area contributed by atoms with E-state index in [4.69, 9.17) is 9.84 Å². The predicted molar refractivity (Wildman–Crippen MR) is 76.7 cm³/mol. The first kappa shape index (κ1) is 15.0. The zero-order chi connectivity index (χ0) is 14.1. The minimum absolute atomic E-state index is 0.0394. The molecule has 19 heavy (non-hydrogen) atoms. The van der Waals surface area contributed by atoms with Gasteiger partial charge in [-0.2, -0.15) is 0 Å². The largest absolute Gasteiger partial charge is 0.509 e. The van der Waals surface area contributed by atoms with Crippen LogP contribution in [0.4, 0.5) is 0 Å². The summed E-state index contributed by atoms with van der Waals surface area (Å²) < 4.78 is 5.19. The van der Waals surface area contributed by atoms with Gasteiger partial charge < -0.3 is 9.84 Å². The molecule has 3 heteroatoms. The molecule has 0 aromatic heterocycles. The Hall–Kier alpha value is -2.03. The lowest BCUT2D eigenvalue weighted by atomic mass is 10.1. The number of hydrogen-bond acceptors (Lipinski definition) is 3. The summed E-state index contributed by atoms with van der Waals surface area (Å²) in [5.41, 5.74) is 1.91. The van der Waals surface area contributed by atoms with E-state index in [1.807, 2.05) is 12.2 Å². The normalized spacial score (nSPS) is 14.7. The molecule has 0 spiro atoms. The smallest absolute Gasteiger partial charge is 0.306 e. The highest BCUT2D eigenvalue weighted by Crippen LogP contribution is 2.13. The van der Waals surface area contributed by atoms with Crippen LogP contribution in [-0.2, 0) is 9.53 Å². The molecule has 0 heterocycles. The number of carbonyl (C=O) groups excluding carboxylic acids is 1. The van der Waals surface area contributed by atoms with Gasteiger partial charge in [-0.3, -0.25) is 4.79 Å². The molecule has 0 saturated heterocycles. The van der Waals surface area contributed by atoms with Crippen LogP contribution in [0.15, 0.2) is 60.4 Å². The number of rotatable bonds is 7. The number of aliphatic hydroxyl groups is 1. The zero-order valence-electron chi connectivity index (χ0n) is 11.1. The second kappa shape index (κ2) is 8.14. The molecule has 0 atom stereocenters. The Morgan fingerprint density at radius 3 is 2.84 bits per heavy atom. The van der Waals surface area contributed by atoms with Crippen molar-refractivity contribution in [3.05, 3.63) is 60.4 Å². The molecule has 1 aliphatic rings. The van der Waals surface area contributed by atoms with Crippen molar-refractivity contribution in [2.45, 2.75) is 25.7 Å². The average Bonchev–Trinajstić information content (AvgIpc) is 2.42. The number of hydrogen-bond donors (Lipinski definition) is 1. The summed E-state index contributed by atoms with van der Waals surface area (Å²) in [5.74, 6) is -0.283. The molecule has 0 unspecified atom stereocenters. The van der Waals surface area contributed by atoms with Crippen LogP contribution in [0.3, 0.4) is 0 Å². The summed E-state index contributed by atoms with van der Waals surface area (Å²) in [7, 11) is 0. The van der Waals surface area contributed by atoms with Crippen molar-refractivity contribution in [1.29, 1.82) is 0 Å². The lowest BCUT2D eigenvalue weighted by Gasteiger charge is -2.10. The first-order valence-electron chi connectivity index (χ1n) is 6.33. The second-order valence-electron chi connectivity index (χ2n) is 4.37. The molecule has 0 aromatic carbocycles. The summed E-state index contributed by atoms with van der Waals surface area (Å²) in [4.78, 5) is 11.6. The first-order chi connectivity index (χ1) is 9.11. The SMILES string of the molecule is C=C/C(=C\C(=C)O)CCC(=O)OCC1=CC=CCC1.